The van der Waals surface area contributed by atoms with Crippen LogP contribution in [0.4, 0.5) is 13.8 Å². The maximum atomic E-state index is 16.8. The van der Waals surface area contributed by atoms with Crippen LogP contribution in [0, 0.1) is 17.2 Å². The van der Waals surface area contributed by atoms with Crippen LogP contribution < -0.4 is 11.1 Å². The number of nitrogens with one attached hydrogen (secondary N) is 1. The lowest BCUT2D eigenvalue weighted by molar-refractivity contribution is 0.102. The highest BCUT2D eigenvalue weighted by Crippen LogP contribution is 2.51. The second kappa shape index (κ2) is 17.4. The molecule has 1 aliphatic carbocycles. The van der Waals surface area contributed by atoms with Gasteiger partial charge < -0.3 is 25.4 Å². The first-order valence-corrected chi connectivity index (χ1v) is 18.5. The fourth-order valence-electron chi connectivity index (χ4n) is 6.79. The molecule has 7 nitrogen and oxygen atoms in total. The SMILES string of the molecule is C/C=C(/F)c1sc(N)c(C#N)c1/C(C1=C(F)C2N=C(N3CCC(C)C3)NC=C2C2=C1COC2)=C(\C)CC.CC.CCCCC1CCCO1. The number of guanidine groups is 1. The lowest BCUT2D eigenvalue weighted by Gasteiger charge is -2.32. The lowest BCUT2D eigenvalue weighted by atomic mass is 9.78. The molecule has 2 fully saturated rings. The summed E-state index contributed by atoms with van der Waals surface area (Å²) in [4.78, 5) is 7.23. The summed E-state index contributed by atoms with van der Waals surface area (Å²) >= 11 is 1.01. The van der Waals surface area contributed by atoms with Crippen molar-refractivity contribution < 1.29 is 18.3 Å². The standard InChI is InChI=1S/C28H31F2N5OS.C8H16O.C2H6/c1-5-15(4)21(23-16(9-31)27(32)37-26(23)20(29)6-2)22-19-13-36-12-18(19)17-10-33-28(34-25(17)24(22)30)35-8-7-14(3)11-35;1-2-3-5-8-6-4-7-9-8;1-2/h6,10,14,25H,5,7-8,11-13,32H2,1-4H3,(H,33,34);8H,2-7H2,1H3;1-2H3/b20-6+,21-15+;;. The topological polar surface area (TPSA) is 95.9 Å². The van der Waals surface area contributed by atoms with E-state index >= 15 is 8.78 Å². The highest BCUT2D eigenvalue weighted by Gasteiger charge is 2.41. The smallest absolute Gasteiger partial charge is 0.199 e. The molecule has 0 spiro atoms. The highest BCUT2D eigenvalue weighted by molar-refractivity contribution is 7.17. The summed E-state index contributed by atoms with van der Waals surface area (Å²) < 4.78 is 43.2. The number of nitrogen functional groups attached to an aromatic ring is 1. The number of hydrogen-bond donors (Lipinski definition) is 2. The normalized spacial score (nSPS) is 24.0. The lowest BCUT2D eigenvalue weighted by Crippen LogP contribution is -2.42. The van der Waals surface area contributed by atoms with Gasteiger partial charge in [0, 0.05) is 42.6 Å². The number of ether oxygens (including phenoxy) is 2. The van der Waals surface area contributed by atoms with Gasteiger partial charge >= 0.3 is 0 Å². The number of allylic oxidation sites excluding steroid dienone is 3. The van der Waals surface area contributed by atoms with Gasteiger partial charge in [-0.05, 0) is 68.6 Å². The van der Waals surface area contributed by atoms with Crippen LogP contribution in [0.25, 0.3) is 11.4 Å². The molecule has 10 heteroatoms. The zero-order chi connectivity index (χ0) is 35.0. The quantitative estimate of drug-likeness (QED) is 0.298. The van der Waals surface area contributed by atoms with Crippen molar-refractivity contribution in [2.24, 2.45) is 10.9 Å². The van der Waals surface area contributed by atoms with Crippen molar-refractivity contribution in [2.75, 3.05) is 38.6 Å². The molecular formula is C38H53F2N5O2S. The van der Waals surface area contributed by atoms with Gasteiger partial charge in [0.15, 0.2) is 5.96 Å². The molecule has 0 amide bonds. The molecule has 3 N–H and O–H groups in total. The predicted octanol–water partition coefficient (Wildman–Crippen LogP) is 9.22. The third-order valence-corrected chi connectivity index (χ3v) is 10.5. The fraction of sp³-hybridized carbons (Fsp3) is 0.579. The Labute approximate surface area is 290 Å². The Bertz CT molecular complexity index is 1550. The number of halogens is 2. The third-order valence-electron chi connectivity index (χ3n) is 9.49. The Kier molecular flexibility index (Phi) is 13.6. The summed E-state index contributed by atoms with van der Waals surface area (Å²) in [5.74, 6) is 0.301. The van der Waals surface area contributed by atoms with Crippen molar-refractivity contribution in [1.29, 1.82) is 5.26 Å². The molecule has 3 atom stereocenters. The number of fused-ring (bicyclic) bond motifs is 2. The second-order valence-electron chi connectivity index (χ2n) is 12.7. The Morgan fingerprint density at radius 1 is 1.25 bits per heavy atom. The van der Waals surface area contributed by atoms with Gasteiger partial charge in [0.05, 0.1) is 29.8 Å². The van der Waals surface area contributed by atoms with Gasteiger partial charge in [0.25, 0.3) is 0 Å². The minimum Gasteiger partial charge on any atom is -0.389 e. The van der Waals surface area contributed by atoms with Gasteiger partial charge in [-0.3, -0.25) is 0 Å². The van der Waals surface area contributed by atoms with Crippen molar-refractivity contribution in [3.63, 3.8) is 0 Å². The van der Waals surface area contributed by atoms with Crippen molar-refractivity contribution in [3.8, 4) is 6.07 Å². The minimum absolute atomic E-state index is 0.169. The third kappa shape index (κ3) is 7.79. The van der Waals surface area contributed by atoms with E-state index in [0.717, 1.165) is 59.7 Å². The van der Waals surface area contributed by atoms with Crippen molar-refractivity contribution in [1.82, 2.24) is 10.2 Å². The van der Waals surface area contributed by atoms with Crippen molar-refractivity contribution in [2.45, 2.75) is 106 Å². The van der Waals surface area contributed by atoms with E-state index in [2.05, 4.69) is 30.1 Å². The first kappa shape index (κ1) is 37.6. The Balaban J connectivity index is 0.000000406. The van der Waals surface area contributed by atoms with Crippen LogP contribution >= 0.6 is 11.3 Å². The highest BCUT2D eigenvalue weighted by atomic mass is 32.1. The van der Waals surface area contributed by atoms with Crippen LogP contribution in [0.5, 0.6) is 0 Å². The van der Waals surface area contributed by atoms with Crippen molar-refractivity contribution in [3.05, 3.63) is 62.0 Å². The molecule has 2 saturated heterocycles. The number of unbranched alkanes of at least 4 members (excludes halogenated alkanes) is 1. The molecule has 6 rings (SSSR count). The Morgan fingerprint density at radius 3 is 2.60 bits per heavy atom. The van der Waals surface area contributed by atoms with E-state index in [1.54, 1.807) is 6.92 Å². The van der Waals surface area contributed by atoms with E-state index in [0.29, 0.717) is 47.7 Å². The summed E-state index contributed by atoms with van der Waals surface area (Å²) in [6.07, 6.45) is 12.0. The van der Waals surface area contributed by atoms with Crippen LogP contribution in [0.2, 0.25) is 0 Å². The molecule has 4 aliphatic heterocycles. The van der Waals surface area contributed by atoms with Crippen LogP contribution in [-0.2, 0) is 9.47 Å². The average molecular weight is 682 g/mol. The molecule has 3 unspecified atom stereocenters. The van der Waals surface area contributed by atoms with Crippen LogP contribution in [-0.4, -0.2) is 55.9 Å². The molecule has 0 saturated carbocycles. The maximum Gasteiger partial charge on any atom is 0.199 e. The zero-order valence-electron chi connectivity index (χ0n) is 29.8. The number of likely N-dealkylation sites (tertiary alicyclic amines) is 1. The van der Waals surface area contributed by atoms with E-state index in [1.807, 2.05) is 33.9 Å². The monoisotopic (exact) mass is 681 g/mol. The van der Waals surface area contributed by atoms with E-state index in [9.17, 15) is 5.26 Å². The van der Waals surface area contributed by atoms with E-state index < -0.39 is 17.7 Å². The van der Waals surface area contributed by atoms with E-state index in [4.69, 9.17) is 20.2 Å². The van der Waals surface area contributed by atoms with Gasteiger partial charge in [0.2, 0.25) is 0 Å². The predicted molar refractivity (Wildman–Crippen MR) is 195 cm³/mol. The number of nitrogens with two attached hydrogens (primary N) is 1. The van der Waals surface area contributed by atoms with Crippen LogP contribution in [0.3, 0.4) is 0 Å². The van der Waals surface area contributed by atoms with E-state index in [1.165, 1.54) is 38.2 Å². The maximum absolute atomic E-state index is 16.8. The summed E-state index contributed by atoms with van der Waals surface area (Å²) in [6, 6.07) is 1.32. The summed E-state index contributed by atoms with van der Waals surface area (Å²) in [7, 11) is 0. The first-order valence-electron chi connectivity index (χ1n) is 17.7. The summed E-state index contributed by atoms with van der Waals surface area (Å²) in [5.41, 5.74) is 10.8. The van der Waals surface area contributed by atoms with Gasteiger partial charge in [-0.15, -0.1) is 11.3 Å². The molecule has 48 heavy (non-hydrogen) atoms. The number of anilines is 1. The number of nitrogens with zero attached hydrogens (tertiary/aromatic N) is 3. The van der Waals surface area contributed by atoms with Gasteiger partial charge in [-0.2, -0.15) is 5.26 Å². The molecule has 0 bridgehead atoms. The van der Waals surface area contributed by atoms with Crippen molar-refractivity contribution >= 4 is 33.7 Å². The number of aliphatic imine (C=N–C) groups is 1. The molecule has 0 radical (unpaired) electrons. The number of hydrogen-bond acceptors (Lipinski definition) is 8. The van der Waals surface area contributed by atoms with Gasteiger partial charge in [0.1, 0.15) is 28.8 Å². The minimum atomic E-state index is -0.834. The zero-order valence-corrected chi connectivity index (χ0v) is 30.6. The molecule has 1 aromatic rings. The van der Waals surface area contributed by atoms with Gasteiger partial charge in [-0.25, -0.2) is 13.8 Å². The number of nitriles is 1. The molecule has 5 heterocycles. The second-order valence-corrected chi connectivity index (χ2v) is 13.7. The molecule has 262 valence electrons. The summed E-state index contributed by atoms with van der Waals surface area (Å²) in [6.45, 7) is 17.2. The Morgan fingerprint density at radius 2 is 2.00 bits per heavy atom. The van der Waals surface area contributed by atoms with E-state index in [-0.39, 0.29) is 22.0 Å². The molecule has 0 aromatic carbocycles. The Hall–Kier alpha value is -3.26. The van der Waals surface area contributed by atoms with Crippen LogP contribution in [0.15, 0.2) is 51.0 Å². The van der Waals surface area contributed by atoms with Crippen LogP contribution in [0.1, 0.15) is 109 Å². The molecule has 5 aliphatic rings. The summed E-state index contributed by atoms with van der Waals surface area (Å²) in [5, 5.41) is 13.5. The first-order chi connectivity index (χ1) is 23.2. The average Bonchev–Trinajstić information content (AvgIpc) is 3.94. The fourth-order valence-corrected chi connectivity index (χ4v) is 7.78. The number of rotatable bonds is 7. The van der Waals surface area contributed by atoms with Gasteiger partial charge in [-0.1, -0.05) is 59.1 Å². The molecule has 1 aromatic heterocycles. The molecular weight excluding hydrogens is 629 g/mol. The largest absolute Gasteiger partial charge is 0.389 e. The number of thiophene rings is 1.